The standard InChI is InChI=1S/C26H19Cl2NO4S/c27-22-14-21(15-23(28)16-22)19-7-4-8-20(13-19)26(30)29-34(31,32)25-11-9-24(10-12-25)33-17-18-5-2-1-3-6-18/h1-16H,17H2,(H,29,30). The van der Waals surface area contributed by atoms with E-state index in [1.807, 2.05) is 30.3 Å². The molecule has 5 nitrogen and oxygen atoms in total. The van der Waals surface area contributed by atoms with Crippen molar-refractivity contribution in [2.75, 3.05) is 0 Å². The monoisotopic (exact) mass is 511 g/mol. The Morgan fingerprint density at radius 2 is 1.44 bits per heavy atom. The maximum absolute atomic E-state index is 12.7. The molecule has 0 aliphatic carbocycles. The summed E-state index contributed by atoms with van der Waals surface area (Å²) in [6.07, 6.45) is 0. The van der Waals surface area contributed by atoms with Crippen LogP contribution >= 0.6 is 23.2 Å². The van der Waals surface area contributed by atoms with Gasteiger partial charge in [-0.3, -0.25) is 4.79 Å². The van der Waals surface area contributed by atoms with Crippen LogP contribution in [-0.2, 0) is 16.6 Å². The molecule has 4 aromatic carbocycles. The highest BCUT2D eigenvalue weighted by atomic mass is 35.5. The number of nitrogens with one attached hydrogen (secondary N) is 1. The van der Waals surface area contributed by atoms with E-state index >= 15 is 0 Å². The van der Waals surface area contributed by atoms with Crippen LogP contribution in [0.3, 0.4) is 0 Å². The summed E-state index contributed by atoms with van der Waals surface area (Å²) >= 11 is 12.1. The molecule has 0 radical (unpaired) electrons. The fraction of sp³-hybridized carbons (Fsp3) is 0.0385. The lowest BCUT2D eigenvalue weighted by molar-refractivity contribution is 0.0981. The average molecular weight is 512 g/mol. The van der Waals surface area contributed by atoms with E-state index in [0.717, 1.165) is 5.56 Å². The second-order valence-electron chi connectivity index (χ2n) is 7.42. The Balaban J connectivity index is 1.46. The van der Waals surface area contributed by atoms with Gasteiger partial charge in [0.05, 0.1) is 4.90 Å². The van der Waals surface area contributed by atoms with Crippen LogP contribution in [0.5, 0.6) is 5.75 Å². The number of hydrogen-bond donors (Lipinski definition) is 1. The summed E-state index contributed by atoms with van der Waals surface area (Å²) in [5, 5.41) is 0.909. The van der Waals surface area contributed by atoms with Crippen molar-refractivity contribution in [3.05, 3.63) is 118 Å². The van der Waals surface area contributed by atoms with E-state index < -0.39 is 15.9 Å². The highest BCUT2D eigenvalue weighted by Crippen LogP contribution is 2.28. The normalized spacial score (nSPS) is 11.1. The first-order valence-electron chi connectivity index (χ1n) is 10.2. The van der Waals surface area contributed by atoms with Crippen LogP contribution in [-0.4, -0.2) is 14.3 Å². The summed E-state index contributed by atoms with van der Waals surface area (Å²) in [4.78, 5) is 12.7. The number of ether oxygens (including phenoxy) is 1. The van der Waals surface area contributed by atoms with Crippen LogP contribution in [0.25, 0.3) is 11.1 Å². The molecule has 172 valence electrons. The summed E-state index contributed by atoms with van der Waals surface area (Å²) in [5.41, 5.74) is 2.56. The van der Waals surface area contributed by atoms with Crippen molar-refractivity contribution < 1.29 is 17.9 Å². The Labute approximate surface area is 208 Å². The van der Waals surface area contributed by atoms with Gasteiger partial charge in [0, 0.05) is 15.6 Å². The molecule has 0 saturated carbocycles. The van der Waals surface area contributed by atoms with Gasteiger partial charge in [0.15, 0.2) is 0 Å². The van der Waals surface area contributed by atoms with Crippen molar-refractivity contribution >= 4 is 39.1 Å². The molecule has 0 aliphatic rings. The summed E-state index contributed by atoms with van der Waals surface area (Å²) in [6, 6.07) is 27.1. The molecule has 1 amide bonds. The molecule has 8 heteroatoms. The Hall–Kier alpha value is -3.32. The van der Waals surface area contributed by atoms with Gasteiger partial charge in [-0.15, -0.1) is 0 Å². The van der Waals surface area contributed by atoms with Crippen LogP contribution in [0.4, 0.5) is 0 Å². The number of rotatable bonds is 7. The highest BCUT2D eigenvalue weighted by molar-refractivity contribution is 7.90. The van der Waals surface area contributed by atoms with E-state index in [9.17, 15) is 13.2 Å². The molecule has 0 fully saturated rings. The summed E-state index contributed by atoms with van der Waals surface area (Å²) in [5.74, 6) is -0.235. The smallest absolute Gasteiger partial charge is 0.265 e. The van der Waals surface area contributed by atoms with E-state index in [1.54, 1.807) is 48.5 Å². The number of sulfonamides is 1. The van der Waals surface area contributed by atoms with Crippen molar-refractivity contribution in [1.82, 2.24) is 4.72 Å². The van der Waals surface area contributed by atoms with Gasteiger partial charge in [-0.1, -0.05) is 65.7 Å². The lowest BCUT2D eigenvalue weighted by atomic mass is 10.0. The van der Waals surface area contributed by atoms with Gasteiger partial charge < -0.3 is 4.74 Å². The molecular weight excluding hydrogens is 493 g/mol. The largest absolute Gasteiger partial charge is 0.489 e. The molecule has 0 bridgehead atoms. The first-order valence-corrected chi connectivity index (χ1v) is 12.4. The zero-order valence-corrected chi connectivity index (χ0v) is 20.1. The fourth-order valence-electron chi connectivity index (χ4n) is 3.26. The Morgan fingerprint density at radius 3 is 2.12 bits per heavy atom. The first-order chi connectivity index (χ1) is 16.3. The number of hydrogen-bond acceptors (Lipinski definition) is 4. The quantitative estimate of drug-likeness (QED) is 0.313. The molecule has 0 spiro atoms. The highest BCUT2D eigenvalue weighted by Gasteiger charge is 2.19. The van der Waals surface area contributed by atoms with Gasteiger partial charge in [0.25, 0.3) is 15.9 Å². The van der Waals surface area contributed by atoms with Crippen molar-refractivity contribution in [3.8, 4) is 16.9 Å². The molecule has 0 unspecified atom stereocenters. The Morgan fingerprint density at radius 1 is 0.765 bits per heavy atom. The summed E-state index contributed by atoms with van der Waals surface area (Å²) < 4.78 is 33.3. The van der Waals surface area contributed by atoms with Crippen LogP contribution in [0.2, 0.25) is 10.0 Å². The van der Waals surface area contributed by atoms with E-state index in [4.69, 9.17) is 27.9 Å². The van der Waals surface area contributed by atoms with Gasteiger partial charge in [-0.05, 0) is 71.3 Å². The number of halogens is 2. The zero-order chi connectivity index (χ0) is 24.1. The SMILES string of the molecule is O=C(NS(=O)(=O)c1ccc(OCc2ccccc2)cc1)c1cccc(-c2cc(Cl)cc(Cl)c2)c1. The van der Waals surface area contributed by atoms with Gasteiger partial charge in [0.1, 0.15) is 12.4 Å². The van der Waals surface area contributed by atoms with Crippen molar-refractivity contribution in [2.24, 2.45) is 0 Å². The minimum atomic E-state index is -4.08. The molecule has 4 rings (SSSR count). The minimum Gasteiger partial charge on any atom is -0.489 e. The van der Waals surface area contributed by atoms with Gasteiger partial charge in [-0.2, -0.15) is 0 Å². The van der Waals surface area contributed by atoms with E-state index in [1.165, 1.54) is 18.2 Å². The Bertz CT molecular complexity index is 1400. The van der Waals surface area contributed by atoms with Crippen molar-refractivity contribution in [3.63, 3.8) is 0 Å². The second kappa shape index (κ2) is 10.3. The molecule has 0 saturated heterocycles. The third-order valence-electron chi connectivity index (χ3n) is 4.93. The minimum absolute atomic E-state index is 0.0503. The number of benzene rings is 4. The van der Waals surface area contributed by atoms with Crippen LogP contribution in [0.15, 0.2) is 102 Å². The summed E-state index contributed by atoms with van der Waals surface area (Å²) in [7, 11) is -4.08. The number of amides is 1. The van der Waals surface area contributed by atoms with Crippen molar-refractivity contribution in [1.29, 1.82) is 0 Å². The molecule has 0 heterocycles. The first kappa shape index (κ1) is 23.8. The zero-order valence-electron chi connectivity index (χ0n) is 17.7. The second-order valence-corrected chi connectivity index (χ2v) is 9.97. The molecule has 34 heavy (non-hydrogen) atoms. The summed E-state index contributed by atoms with van der Waals surface area (Å²) in [6.45, 7) is 0.359. The molecule has 4 aromatic rings. The van der Waals surface area contributed by atoms with Gasteiger partial charge in [-0.25, -0.2) is 13.1 Å². The maximum atomic E-state index is 12.7. The van der Waals surface area contributed by atoms with Gasteiger partial charge in [0.2, 0.25) is 0 Å². The molecule has 0 aromatic heterocycles. The van der Waals surface area contributed by atoms with Crippen LogP contribution < -0.4 is 9.46 Å². The van der Waals surface area contributed by atoms with E-state index in [-0.39, 0.29) is 10.5 Å². The third-order valence-corrected chi connectivity index (χ3v) is 6.71. The molecule has 0 atom stereocenters. The van der Waals surface area contributed by atoms with Gasteiger partial charge >= 0.3 is 0 Å². The fourth-order valence-corrected chi connectivity index (χ4v) is 4.76. The Kier molecular flexibility index (Phi) is 7.22. The van der Waals surface area contributed by atoms with Crippen molar-refractivity contribution in [2.45, 2.75) is 11.5 Å². The molecule has 0 aliphatic heterocycles. The lowest BCUT2D eigenvalue weighted by Gasteiger charge is -2.10. The predicted molar refractivity (Wildman–Crippen MR) is 134 cm³/mol. The number of carbonyl (C=O) groups excluding carboxylic acids is 1. The molecule has 1 N–H and O–H groups in total. The maximum Gasteiger partial charge on any atom is 0.265 e. The third kappa shape index (κ3) is 5.97. The number of carbonyl (C=O) groups is 1. The lowest BCUT2D eigenvalue weighted by Crippen LogP contribution is -2.30. The van der Waals surface area contributed by atoms with Crippen LogP contribution in [0.1, 0.15) is 15.9 Å². The van der Waals surface area contributed by atoms with E-state index in [0.29, 0.717) is 33.5 Å². The predicted octanol–water partition coefficient (Wildman–Crippen LogP) is 6.36. The van der Waals surface area contributed by atoms with Crippen LogP contribution in [0, 0.1) is 0 Å². The topological polar surface area (TPSA) is 72.5 Å². The van der Waals surface area contributed by atoms with E-state index in [2.05, 4.69) is 4.72 Å². The molecular formula is C26H19Cl2NO4S. The average Bonchev–Trinajstić information content (AvgIpc) is 2.83.